The molecule has 0 aromatic heterocycles. The second-order valence-electron chi connectivity index (χ2n) is 5.35. The number of hydrogen-bond acceptors (Lipinski definition) is 2. The van der Waals surface area contributed by atoms with Gasteiger partial charge < -0.3 is 10.2 Å². The largest absolute Gasteiger partial charge is 0.319 e. The van der Waals surface area contributed by atoms with Crippen molar-refractivity contribution in [3.8, 4) is 0 Å². The molecule has 0 spiro atoms. The quantitative estimate of drug-likeness (QED) is 0.830. The summed E-state index contributed by atoms with van der Waals surface area (Å²) in [7, 11) is 4.23. The first-order valence-electron chi connectivity index (χ1n) is 6.61. The number of rotatable bonds is 7. The molecular formula is C15H25BrN2. The van der Waals surface area contributed by atoms with Crippen LogP contribution in [0.2, 0.25) is 0 Å². The monoisotopic (exact) mass is 312 g/mol. The Morgan fingerprint density at radius 3 is 2.50 bits per heavy atom. The molecule has 0 saturated carbocycles. The van der Waals surface area contributed by atoms with Crippen LogP contribution in [0.25, 0.3) is 0 Å². The van der Waals surface area contributed by atoms with Gasteiger partial charge in [-0.3, -0.25) is 0 Å². The maximum atomic E-state index is 3.61. The molecule has 102 valence electrons. The number of nitrogens with one attached hydrogen (secondary N) is 1. The maximum absolute atomic E-state index is 3.61. The Labute approximate surface area is 120 Å². The van der Waals surface area contributed by atoms with Crippen LogP contribution in [0.15, 0.2) is 28.7 Å². The van der Waals surface area contributed by atoms with E-state index in [0.717, 1.165) is 19.6 Å². The fourth-order valence-corrected chi connectivity index (χ4v) is 2.57. The van der Waals surface area contributed by atoms with Gasteiger partial charge in [-0.05, 0) is 44.1 Å². The van der Waals surface area contributed by atoms with E-state index in [4.69, 9.17) is 0 Å². The van der Waals surface area contributed by atoms with Crippen molar-refractivity contribution in [3.63, 3.8) is 0 Å². The highest BCUT2D eigenvalue weighted by molar-refractivity contribution is 9.10. The summed E-state index contributed by atoms with van der Waals surface area (Å²) in [6, 6.07) is 8.45. The van der Waals surface area contributed by atoms with Crippen LogP contribution in [0.4, 0.5) is 0 Å². The standard InChI is InChI=1S/C15H25BrN2/c1-12(2)14(9-17-3)11-18(4)10-13-7-5-6-8-15(13)16/h5-8,12,14,17H,9-11H2,1-4H3. The zero-order valence-corrected chi connectivity index (χ0v) is 13.5. The van der Waals surface area contributed by atoms with Crippen molar-refractivity contribution >= 4 is 15.9 Å². The van der Waals surface area contributed by atoms with Crippen LogP contribution >= 0.6 is 15.9 Å². The highest BCUT2D eigenvalue weighted by Gasteiger charge is 2.15. The summed E-state index contributed by atoms with van der Waals surface area (Å²) in [5.74, 6) is 1.40. The van der Waals surface area contributed by atoms with Crippen molar-refractivity contribution in [1.82, 2.24) is 10.2 Å². The molecule has 0 aliphatic carbocycles. The first kappa shape index (κ1) is 15.7. The fraction of sp³-hybridized carbons (Fsp3) is 0.600. The molecular weight excluding hydrogens is 288 g/mol. The van der Waals surface area contributed by atoms with Crippen LogP contribution < -0.4 is 5.32 Å². The molecule has 0 aliphatic heterocycles. The van der Waals surface area contributed by atoms with Gasteiger partial charge in [0.2, 0.25) is 0 Å². The van der Waals surface area contributed by atoms with Crippen LogP contribution in [0.5, 0.6) is 0 Å². The Bertz CT molecular complexity index is 352. The first-order valence-corrected chi connectivity index (χ1v) is 7.40. The van der Waals surface area contributed by atoms with Crippen molar-refractivity contribution in [3.05, 3.63) is 34.3 Å². The summed E-state index contributed by atoms with van der Waals surface area (Å²) in [5, 5.41) is 3.29. The maximum Gasteiger partial charge on any atom is 0.0242 e. The van der Waals surface area contributed by atoms with E-state index in [2.05, 4.69) is 71.3 Å². The van der Waals surface area contributed by atoms with Gasteiger partial charge in [-0.25, -0.2) is 0 Å². The topological polar surface area (TPSA) is 15.3 Å². The predicted octanol–water partition coefficient (Wildman–Crippen LogP) is 3.37. The highest BCUT2D eigenvalue weighted by atomic mass is 79.9. The second kappa shape index (κ2) is 7.93. The Morgan fingerprint density at radius 2 is 1.94 bits per heavy atom. The van der Waals surface area contributed by atoms with Gasteiger partial charge in [-0.2, -0.15) is 0 Å². The molecule has 3 heteroatoms. The Balaban J connectivity index is 2.55. The molecule has 18 heavy (non-hydrogen) atoms. The summed E-state index contributed by atoms with van der Waals surface area (Å²) in [5.41, 5.74) is 1.35. The lowest BCUT2D eigenvalue weighted by molar-refractivity contribution is 0.227. The summed E-state index contributed by atoms with van der Waals surface area (Å²) in [6.07, 6.45) is 0. The molecule has 1 aromatic carbocycles. The Kier molecular flexibility index (Phi) is 6.90. The van der Waals surface area contributed by atoms with Crippen molar-refractivity contribution in [2.45, 2.75) is 20.4 Å². The lowest BCUT2D eigenvalue weighted by Crippen LogP contribution is -2.34. The Hall–Kier alpha value is -0.380. The van der Waals surface area contributed by atoms with Gasteiger partial charge >= 0.3 is 0 Å². The van der Waals surface area contributed by atoms with Gasteiger partial charge in [0, 0.05) is 17.6 Å². The normalized spacial score (nSPS) is 13.3. The minimum Gasteiger partial charge on any atom is -0.319 e. The molecule has 0 amide bonds. The summed E-state index contributed by atoms with van der Waals surface area (Å²) in [4.78, 5) is 2.40. The summed E-state index contributed by atoms with van der Waals surface area (Å²) < 4.78 is 1.20. The molecule has 0 fully saturated rings. The third kappa shape index (κ3) is 5.09. The molecule has 0 heterocycles. The minimum atomic E-state index is 0.697. The molecule has 1 unspecified atom stereocenters. The molecule has 2 nitrogen and oxygen atoms in total. The number of hydrogen-bond donors (Lipinski definition) is 1. The van der Waals surface area contributed by atoms with Crippen LogP contribution in [0.3, 0.4) is 0 Å². The van der Waals surface area contributed by atoms with Gasteiger partial charge in [-0.1, -0.05) is 48.0 Å². The average molecular weight is 313 g/mol. The van der Waals surface area contributed by atoms with E-state index in [1.54, 1.807) is 0 Å². The third-order valence-electron chi connectivity index (χ3n) is 3.35. The van der Waals surface area contributed by atoms with Gasteiger partial charge in [0.1, 0.15) is 0 Å². The average Bonchev–Trinajstić information content (AvgIpc) is 2.31. The molecule has 1 N–H and O–H groups in total. The van der Waals surface area contributed by atoms with E-state index in [-0.39, 0.29) is 0 Å². The molecule has 0 saturated heterocycles. The minimum absolute atomic E-state index is 0.697. The third-order valence-corrected chi connectivity index (χ3v) is 4.13. The van der Waals surface area contributed by atoms with Crippen molar-refractivity contribution in [1.29, 1.82) is 0 Å². The fourth-order valence-electron chi connectivity index (χ4n) is 2.16. The lowest BCUT2D eigenvalue weighted by atomic mass is 9.95. The van der Waals surface area contributed by atoms with Gasteiger partial charge in [-0.15, -0.1) is 0 Å². The summed E-state index contributed by atoms with van der Waals surface area (Å²) >= 11 is 3.61. The molecule has 1 aromatic rings. The smallest absolute Gasteiger partial charge is 0.0242 e. The van der Waals surface area contributed by atoms with E-state index in [0.29, 0.717) is 11.8 Å². The Morgan fingerprint density at radius 1 is 1.28 bits per heavy atom. The van der Waals surface area contributed by atoms with Gasteiger partial charge in [0.25, 0.3) is 0 Å². The van der Waals surface area contributed by atoms with E-state index >= 15 is 0 Å². The number of halogens is 1. The van der Waals surface area contributed by atoms with Crippen molar-refractivity contribution in [2.24, 2.45) is 11.8 Å². The molecule has 1 atom stereocenters. The predicted molar refractivity (Wildman–Crippen MR) is 82.7 cm³/mol. The van der Waals surface area contributed by atoms with E-state index < -0.39 is 0 Å². The van der Waals surface area contributed by atoms with Crippen molar-refractivity contribution < 1.29 is 0 Å². The SMILES string of the molecule is CNCC(CN(C)Cc1ccccc1Br)C(C)C. The van der Waals surface area contributed by atoms with E-state index in [1.807, 2.05) is 7.05 Å². The highest BCUT2D eigenvalue weighted by Crippen LogP contribution is 2.19. The first-order chi connectivity index (χ1) is 8.54. The molecule has 0 bridgehead atoms. The van der Waals surface area contributed by atoms with Crippen molar-refractivity contribution in [2.75, 3.05) is 27.2 Å². The van der Waals surface area contributed by atoms with Crippen LogP contribution in [-0.2, 0) is 6.54 Å². The van der Waals surface area contributed by atoms with E-state index in [9.17, 15) is 0 Å². The van der Waals surface area contributed by atoms with Crippen LogP contribution in [0, 0.1) is 11.8 Å². The number of benzene rings is 1. The zero-order valence-electron chi connectivity index (χ0n) is 11.9. The van der Waals surface area contributed by atoms with Crippen LogP contribution in [0.1, 0.15) is 19.4 Å². The summed E-state index contributed by atoms with van der Waals surface area (Å²) in [6.45, 7) is 7.80. The second-order valence-corrected chi connectivity index (χ2v) is 6.20. The number of nitrogens with zero attached hydrogens (tertiary/aromatic N) is 1. The molecule has 1 rings (SSSR count). The van der Waals surface area contributed by atoms with Crippen LogP contribution in [-0.4, -0.2) is 32.1 Å². The molecule has 0 aliphatic rings. The van der Waals surface area contributed by atoms with Gasteiger partial charge in [0.15, 0.2) is 0 Å². The molecule has 0 radical (unpaired) electrons. The lowest BCUT2D eigenvalue weighted by Gasteiger charge is -2.27. The van der Waals surface area contributed by atoms with Gasteiger partial charge in [0.05, 0.1) is 0 Å². The zero-order chi connectivity index (χ0) is 13.5. The van der Waals surface area contributed by atoms with E-state index in [1.165, 1.54) is 10.0 Å².